The molecular weight excluding hydrogens is 368 g/mol. The number of benzene rings is 1. The van der Waals surface area contributed by atoms with Crippen LogP contribution in [0.15, 0.2) is 34.9 Å². The lowest BCUT2D eigenvalue weighted by Crippen LogP contribution is -2.30. The number of nitrogens with one attached hydrogen (secondary N) is 1. The normalized spacial score (nSPS) is 13.5. The summed E-state index contributed by atoms with van der Waals surface area (Å²) in [5, 5.41) is 7.52. The van der Waals surface area contributed by atoms with Crippen molar-refractivity contribution in [1.29, 1.82) is 0 Å². The van der Waals surface area contributed by atoms with Gasteiger partial charge in [0.2, 0.25) is 0 Å². The van der Waals surface area contributed by atoms with Crippen LogP contribution in [0.3, 0.4) is 0 Å². The lowest BCUT2D eigenvalue weighted by molar-refractivity contribution is 0.0772. The van der Waals surface area contributed by atoms with Crippen LogP contribution in [0, 0.1) is 6.92 Å². The van der Waals surface area contributed by atoms with Crippen LogP contribution in [-0.4, -0.2) is 39.9 Å². The number of anilines is 1. The molecule has 0 unspecified atom stereocenters. The Morgan fingerprint density at radius 3 is 2.66 bits per heavy atom. The molecule has 0 saturated heterocycles. The fourth-order valence-electron chi connectivity index (χ4n) is 3.50. The number of carbonyl (C=O) groups is 2. The Labute approximate surface area is 169 Å². The number of hydrogen-bond acceptors (Lipinski definition) is 5. The van der Waals surface area contributed by atoms with Gasteiger partial charge in [0.05, 0.1) is 16.6 Å². The van der Waals surface area contributed by atoms with Crippen LogP contribution in [0.2, 0.25) is 0 Å². The van der Waals surface area contributed by atoms with E-state index in [4.69, 9.17) is 4.52 Å². The number of nitrogens with zero attached hydrogens (tertiary/aromatic N) is 3. The number of hydrogen-bond donors (Lipinski definition) is 1. The zero-order valence-electron chi connectivity index (χ0n) is 16.9. The van der Waals surface area contributed by atoms with Crippen molar-refractivity contribution >= 4 is 28.6 Å². The highest BCUT2D eigenvalue weighted by atomic mass is 16.5. The molecule has 2 amide bonds. The van der Waals surface area contributed by atoms with E-state index in [1.807, 2.05) is 19.9 Å². The molecular formula is C22H24N4O3. The molecule has 1 aliphatic carbocycles. The van der Waals surface area contributed by atoms with Gasteiger partial charge in [-0.3, -0.25) is 9.59 Å². The number of pyridine rings is 1. The fraction of sp³-hybridized carbons (Fsp3) is 0.364. The first-order valence-electron chi connectivity index (χ1n) is 9.99. The molecule has 1 saturated carbocycles. The first kappa shape index (κ1) is 19.1. The third-order valence-electron chi connectivity index (χ3n) is 5.30. The number of amides is 2. The van der Waals surface area contributed by atoms with Gasteiger partial charge in [-0.2, -0.15) is 0 Å². The molecule has 0 bridgehead atoms. The maximum Gasteiger partial charge on any atom is 0.259 e. The second-order valence-electron chi connectivity index (χ2n) is 7.33. The van der Waals surface area contributed by atoms with E-state index in [1.165, 1.54) is 0 Å². The van der Waals surface area contributed by atoms with Gasteiger partial charge in [0.15, 0.2) is 0 Å². The SMILES string of the molecule is CCN(CC)C(=O)c1cccc(NC(=O)c2cc(C3CC3)nc3onc(C)c23)c1. The van der Waals surface area contributed by atoms with Gasteiger partial charge in [0, 0.05) is 36.0 Å². The summed E-state index contributed by atoms with van der Waals surface area (Å²) in [6.07, 6.45) is 2.14. The highest BCUT2D eigenvalue weighted by molar-refractivity contribution is 6.12. The van der Waals surface area contributed by atoms with Gasteiger partial charge in [-0.1, -0.05) is 11.2 Å². The van der Waals surface area contributed by atoms with E-state index in [2.05, 4.69) is 15.5 Å². The van der Waals surface area contributed by atoms with E-state index in [0.29, 0.717) is 52.6 Å². The summed E-state index contributed by atoms with van der Waals surface area (Å²) < 4.78 is 5.32. The Kier molecular flexibility index (Phi) is 5.05. The molecule has 29 heavy (non-hydrogen) atoms. The van der Waals surface area contributed by atoms with E-state index in [1.54, 1.807) is 36.1 Å². The van der Waals surface area contributed by atoms with Crippen molar-refractivity contribution in [2.45, 2.75) is 39.5 Å². The third-order valence-corrected chi connectivity index (χ3v) is 5.30. The summed E-state index contributed by atoms with van der Waals surface area (Å²) in [7, 11) is 0. The van der Waals surface area contributed by atoms with Crippen molar-refractivity contribution in [2.24, 2.45) is 0 Å². The summed E-state index contributed by atoms with van der Waals surface area (Å²) in [6.45, 7) is 6.96. The molecule has 0 atom stereocenters. The Balaban J connectivity index is 1.64. The second-order valence-corrected chi connectivity index (χ2v) is 7.33. The molecule has 7 heteroatoms. The first-order chi connectivity index (χ1) is 14.0. The zero-order chi connectivity index (χ0) is 20.5. The second kappa shape index (κ2) is 7.66. The van der Waals surface area contributed by atoms with Crippen LogP contribution in [0.4, 0.5) is 5.69 Å². The Hall–Kier alpha value is -3.22. The minimum Gasteiger partial charge on any atom is -0.339 e. The lowest BCUT2D eigenvalue weighted by atomic mass is 10.1. The van der Waals surface area contributed by atoms with Crippen LogP contribution in [0.5, 0.6) is 0 Å². The molecule has 1 aliphatic rings. The molecule has 2 aromatic heterocycles. The minimum absolute atomic E-state index is 0.0525. The van der Waals surface area contributed by atoms with Gasteiger partial charge >= 0.3 is 0 Å². The predicted octanol–water partition coefficient (Wildman–Crippen LogP) is 4.14. The van der Waals surface area contributed by atoms with Gasteiger partial charge in [0.1, 0.15) is 0 Å². The van der Waals surface area contributed by atoms with Crippen LogP contribution >= 0.6 is 0 Å². The maximum atomic E-state index is 13.1. The van der Waals surface area contributed by atoms with Crippen molar-refractivity contribution in [2.75, 3.05) is 18.4 Å². The quantitative estimate of drug-likeness (QED) is 0.681. The molecule has 3 aromatic rings. The minimum atomic E-state index is -0.266. The lowest BCUT2D eigenvalue weighted by Gasteiger charge is -2.19. The Bertz CT molecular complexity index is 1080. The van der Waals surface area contributed by atoms with Crippen LogP contribution < -0.4 is 5.32 Å². The largest absolute Gasteiger partial charge is 0.339 e. The molecule has 150 valence electrons. The van der Waals surface area contributed by atoms with E-state index < -0.39 is 0 Å². The smallest absolute Gasteiger partial charge is 0.259 e. The number of aromatic nitrogens is 2. The number of rotatable bonds is 6. The van der Waals surface area contributed by atoms with Crippen molar-refractivity contribution in [1.82, 2.24) is 15.0 Å². The first-order valence-corrected chi connectivity index (χ1v) is 9.99. The molecule has 0 spiro atoms. The van der Waals surface area contributed by atoms with Crippen molar-refractivity contribution < 1.29 is 14.1 Å². The van der Waals surface area contributed by atoms with Gasteiger partial charge in [0.25, 0.3) is 17.5 Å². The predicted molar refractivity (Wildman–Crippen MR) is 110 cm³/mol. The Morgan fingerprint density at radius 2 is 1.97 bits per heavy atom. The molecule has 1 fully saturated rings. The van der Waals surface area contributed by atoms with Crippen LogP contribution in [0.1, 0.15) is 64.7 Å². The fourth-order valence-corrected chi connectivity index (χ4v) is 3.50. The molecule has 4 rings (SSSR count). The maximum absolute atomic E-state index is 13.1. The summed E-state index contributed by atoms with van der Waals surface area (Å²) in [4.78, 5) is 32.0. The molecule has 1 aromatic carbocycles. The molecule has 1 N–H and O–H groups in total. The molecule has 0 radical (unpaired) electrons. The third kappa shape index (κ3) is 3.72. The average Bonchev–Trinajstić information content (AvgIpc) is 3.52. The van der Waals surface area contributed by atoms with Crippen molar-refractivity contribution in [3.05, 3.63) is 52.8 Å². The summed E-state index contributed by atoms with van der Waals surface area (Å²) >= 11 is 0. The van der Waals surface area contributed by atoms with Gasteiger partial charge in [-0.05, 0) is 57.9 Å². The molecule has 0 aliphatic heterocycles. The van der Waals surface area contributed by atoms with E-state index in [0.717, 1.165) is 18.5 Å². The monoisotopic (exact) mass is 392 g/mol. The van der Waals surface area contributed by atoms with Gasteiger partial charge < -0.3 is 14.7 Å². The topological polar surface area (TPSA) is 88.3 Å². The average molecular weight is 392 g/mol. The molecule has 2 heterocycles. The van der Waals surface area contributed by atoms with Crippen molar-refractivity contribution in [3.63, 3.8) is 0 Å². The number of aryl methyl sites for hydroxylation is 1. The highest BCUT2D eigenvalue weighted by Crippen LogP contribution is 2.40. The Morgan fingerprint density at radius 1 is 1.21 bits per heavy atom. The summed E-state index contributed by atoms with van der Waals surface area (Å²) in [6, 6.07) is 8.85. The van der Waals surface area contributed by atoms with Crippen LogP contribution in [-0.2, 0) is 0 Å². The highest BCUT2D eigenvalue weighted by Gasteiger charge is 2.28. The number of fused-ring (bicyclic) bond motifs is 1. The van der Waals surface area contributed by atoms with Gasteiger partial charge in [-0.25, -0.2) is 4.98 Å². The van der Waals surface area contributed by atoms with E-state index in [-0.39, 0.29) is 11.8 Å². The van der Waals surface area contributed by atoms with Crippen LogP contribution in [0.25, 0.3) is 11.1 Å². The van der Waals surface area contributed by atoms with E-state index >= 15 is 0 Å². The van der Waals surface area contributed by atoms with Crippen molar-refractivity contribution in [3.8, 4) is 0 Å². The summed E-state index contributed by atoms with van der Waals surface area (Å²) in [5.74, 6) is 0.0627. The van der Waals surface area contributed by atoms with Gasteiger partial charge in [-0.15, -0.1) is 0 Å². The molecule has 7 nitrogen and oxygen atoms in total. The zero-order valence-corrected chi connectivity index (χ0v) is 16.9. The standard InChI is InChI=1S/C22H24N4O3/c1-4-26(5-2)22(28)15-7-6-8-16(11-15)23-20(27)17-12-18(14-9-10-14)24-21-19(17)13(3)25-29-21/h6-8,11-12,14H,4-5,9-10H2,1-3H3,(H,23,27). The summed E-state index contributed by atoms with van der Waals surface area (Å²) in [5.41, 5.74) is 3.50. The number of carbonyl (C=O) groups excluding carboxylic acids is 2. The van der Waals surface area contributed by atoms with E-state index in [9.17, 15) is 9.59 Å².